The molecule has 4 rings (SSSR count). The molecule has 1 aliphatic carbocycles. The Balaban J connectivity index is 1.70. The first-order valence-corrected chi connectivity index (χ1v) is 8.20. The Labute approximate surface area is 135 Å². The van der Waals surface area contributed by atoms with Gasteiger partial charge in [0.2, 0.25) is 0 Å². The molecule has 116 valence electrons. The van der Waals surface area contributed by atoms with Crippen molar-refractivity contribution in [3.05, 3.63) is 36.9 Å². The van der Waals surface area contributed by atoms with E-state index < -0.39 is 0 Å². The fourth-order valence-corrected chi connectivity index (χ4v) is 3.78. The van der Waals surface area contributed by atoms with Crippen LogP contribution in [0.25, 0.3) is 22.2 Å². The number of rotatable bonds is 4. The minimum Gasteiger partial charge on any atom is -0.346 e. The zero-order valence-electron chi connectivity index (χ0n) is 12.9. The molecule has 1 atom stereocenters. The molecular weight excluding hydrogens is 286 g/mol. The maximum absolute atomic E-state index is 9.19. The van der Waals surface area contributed by atoms with Gasteiger partial charge in [-0.25, -0.2) is 4.98 Å². The molecule has 0 aromatic carbocycles. The fraction of sp³-hybridized carbons (Fsp3) is 0.389. The molecule has 23 heavy (non-hydrogen) atoms. The quantitative estimate of drug-likeness (QED) is 0.789. The number of aromatic amines is 1. The van der Waals surface area contributed by atoms with Crippen molar-refractivity contribution in [2.45, 2.75) is 38.1 Å². The molecule has 3 heterocycles. The molecule has 0 spiro atoms. The maximum Gasteiger partial charge on any atom is 0.137 e. The van der Waals surface area contributed by atoms with Crippen LogP contribution in [0, 0.1) is 17.2 Å². The first-order chi connectivity index (χ1) is 11.4. The lowest BCUT2D eigenvalue weighted by molar-refractivity contribution is 0.315. The van der Waals surface area contributed by atoms with Gasteiger partial charge in [-0.3, -0.25) is 4.68 Å². The minimum absolute atomic E-state index is 0.194. The Morgan fingerprint density at radius 2 is 2.22 bits per heavy atom. The number of fused-ring (bicyclic) bond motifs is 1. The lowest BCUT2D eigenvalue weighted by atomic mass is 9.96. The van der Waals surface area contributed by atoms with Crippen molar-refractivity contribution in [2.24, 2.45) is 5.92 Å². The van der Waals surface area contributed by atoms with Gasteiger partial charge in [-0.2, -0.15) is 10.4 Å². The van der Waals surface area contributed by atoms with Crippen LogP contribution < -0.4 is 0 Å². The van der Waals surface area contributed by atoms with Gasteiger partial charge in [-0.1, -0.05) is 12.8 Å². The van der Waals surface area contributed by atoms with E-state index in [4.69, 9.17) is 0 Å². The highest BCUT2D eigenvalue weighted by Gasteiger charge is 2.27. The third kappa shape index (κ3) is 2.50. The molecule has 0 unspecified atom stereocenters. The molecule has 0 amide bonds. The van der Waals surface area contributed by atoms with Gasteiger partial charge in [0.15, 0.2) is 0 Å². The van der Waals surface area contributed by atoms with E-state index in [0.717, 1.165) is 22.2 Å². The van der Waals surface area contributed by atoms with Crippen molar-refractivity contribution in [1.82, 2.24) is 19.7 Å². The van der Waals surface area contributed by atoms with E-state index in [1.54, 1.807) is 0 Å². The van der Waals surface area contributed by atoms with Crippen LogP contribution in [0.15, 0.2) is 36.9 Å². The number of nitrogens with zero attached hydrogens (tertiary/aromatic N) is 4. The number of hydrogen-bond donors (Lipinski definition) is 1. The monoisotopic (exact) mass is 305 g/mol. The summed E-state index contributed by atoms with van der Waals surface area (Å²) in [5.41, 5.74) is 3.10. The molecular formula is C18H19N5. The first kappa shape index (κ1) is 14.0. The summed E-state index contributed by atoms with van der Waals surface area (Å²) in [6.45, 7) is 0. The Bertz CT molecular complexity index is 848. The molecule has 0 aliphatic heterocycles. The summed E-state index contributed by atoms with van der Waals surface area (Å²) in [4.78, 5) is 7.48. The average Bonchev–Trinajstić information content (AvgIpc) is 3.32. The van der Waals surface area contributed by atoms with E-state index in [2.05, 4.69) is 27.3 Å². The highest BCUT2D eigenvalue weighted by atomic mass is 15.3. The summed E-state index contributed by atoms with van der Waals surface area (Å²) in [5.74, 6) is 0.576. The summed E-state index contributed by atoms with van der Waals surface area (Å²) < 4.78 is 2.01. The number of H-pyrrole nitrogens is 1. The van der Waals surface area contributed by atoms with Crippen LogP contribution in [0.4, 0.5) is 0 Å². The normalized spacial score (nSPS) is 16.7. The lowest BCUT2D eigenvalue weighted by Crippen LogP contribution is -2.17. The molecule has 1 saturated carbocycles. The second kappa shape index (κ2) is 5.88. The van der Waals surface area contributed by atoms with Gasteiger partial charge >= 0.3 is 0 Å². The van der Waals surface area contributed by atoms with Gasteiger partial charge in [0.25, 0.3) is 0 Å². The van der Waals surface area contributed by atoms with Gasteiger partial charge in [0.1, 0.15) is 5.65 Å². The van der Waals surface area contributed by atoms with Crippen LogP contribution in [-0.4, -0.2) is 19.7 Å². The molecule has 1 N–H and O–H groups in total. The van der Waals surface area contributed by atoms with E-state index >= 15 is 0 Å². The third-order valence-corrected chi connectivity index (χ3v) is 4.96. The Morgan fingerprint density at radius 1 is 1.35 bits per heavy atom. The SMILES string of the molecule is N#CC[C@@H](C1CCCC1)n1cc(-c2ccnc3[nH]ccc23)cn1. The molecule has 0 saturated heterocycles. The zero-order valence-corrected chi connectivity index (χ0v) is 12.9. The van der Waals surface area contributed by atoms with Gasteiger partial charge in [-0.15, -0.1) is 0 Å². The van der Waals surface area contributed by atoms with E-state index in [1.165, 1.54) is 25.7 Å². The van der Waals surface area contributed by atoms with Gasteiger partial charge in [-0.05, 0) is 36.5 Å². The Morgan fingerprint density at radius 3 is 3.04 bits per heavy atom. The summed E-state index contributed by atoms with van der Waals surface area (Å²) >= 11 is 0. The Hall–Kier alpha value is -2.61. The van der Waals surface area contributed by atoms with Crippen molar-refractivity contribution < 1.29 is 0 Å². The number of pyridine rings is 1. The van der Waals surface area contributed by atoms with Crippen molar-refractivity contribution in [2.75, 3.05) is 0 Å². The number of hydrogen-bond acceptors (Lipinski definition) is 3. The summed E-state index contributed by atoms with van der Waals surface area (Å²) in [7, 11) is 0. The van der Waals surface area contributed by atoms with E-state index in [0.29, 0.717) is 12.3 Å². The van der Waals surface area contributed by atoms with Crippen LogP contribution in [0.1, 0.15) is 38.1 Å². The molecule has 0 radical (unpaired) electrons. The van der Waals surface area contributed by atoms with E-state index in [9.17, 15) is 5.26 Å². The predicted octanol–water partition coefficient (Wildman–Crippen LogP) is 4.07. The van der Waals surface area contributed by atoms with E-state index in [1.807, 2.05) is 35.4 Å². The topological polar surface area (TPSA) is 70.3 Å². The predicted molar refractivity (Wildman–Crippen MR) is 88.5 cm³/mol. The molecule has 5 nitrogen and oxygen atoms in total. The molecule has 3 aromatic rings. The van der Waals surface area contributed by atoms with Crippen LogP contribution in [0.3, 0.4) is 0 Å². The Kier molecular flexibility index (Phi) is 3.58. The highest BCUT2D eigenvalue weighted by molar-refractivity contribution is 5.92. The van der Waals surface area contributed by atoms with Crippen LogP contribution in [0.5, 0.6) is 0 Å². The van der Waals surface area contributed by atoms with Crippen molar-refractivity contribution in [3.8, 4) is 17.2 Å². The van der Waals surface area contributed by atoms with Gasteiger partial charge < -0.3 is 4.98 Å². The van der Waals surface area contributed by atoms with Crippen LogP contribution in [-0.2, 0) is 0 Å². The van der Waals surface area contributed by atoms with Crippen LogP contribution >= 0.6 is 0 Å². The standard InChI is InChI=1S/C18H19N5/c19-8-5-17(13-3-1-2-4-13)23-12-14(11-22-23)15-6-9-20-18-16(15)7-10-21-18/h6-7,9-13,17H,1-5H2,(H,20,21)/t17-/m0/s1. The second-order valence-electron chi connectivity index (χ2n) is 6.28. The van der Waals surface area contributed by atoms with Crippen molar-refractivity contribution in [1.29, 1.82) is 5.26 Å². The summed E-state index contributed by atoms with van der Waals surface area (Å²) in [6, 6.07) is 6.60. The third-order valence-electron chi connectivity index (χ3n) is 4.96. The number of nitrogens with one attached hydrogen (secondary N) is 1. The van der Waals surface area contributed by atoms with Crippen molar-refractivity contribution >= 4 is 11.0 Å². The number of nitriles is 1. The smallest absolute Gasteiger partial charge is 0.137 e. The molecule has 0 bridgehead atoms. The highest BCUT2D eigenvalue weighted by Crippen LogP contribution is 2.36. The zero-order chi connectivity index (χ0) is 15.6. The minimum atomic E-state index is 0.194. The largest absolute Gasteiger partial charge is 0.346 e. The lowest BCUT2D eigenvalue weighted by Gasteiger charge is -2.21. The molecule has 3 aromatic heterocycles. The number of aromatic nitrogens is 4. The van der Waals surface area contributed by atoms with Crippen molar-refractivity contribution in [3.63, 3.8) is 0 Å². The van der Waals surface area contributed by atoms with Crippen LogP contribution in [0.2, 0.25) is 0 Å². The molecule has 1 aliphatic rings. The summed E-state index contributed by atoms with van der Waals surface area (Å²) in [6.07, 6.45) is 13.2. The van der Waals surface area contributed by atoms with Gasteiger partial charge in [0.05, 0.1) is 24.7 Å². The first-order valence-electron chi connectivity index (χ1n) is 8.20. The summed E-state index contributed by atoms with van der Waals surface area (Å²) in [5, 5.41) is 14.9. The maximum atomic E-state index is 9.19. The second-order valence-corrected chi connectivity index (χ2v) is 6.28. The van der Waals surface area contributed by atoms with E-state index in [-0.39, 0.29) is 6.04 Å². The molecule has 1 fully saturated rings. The van der Waals surface area contributed by atoms with Gasteiger partial charge in [0, 0.05) is 29.5 Å². The fourth-order valence-electron chi connectivity index (χ4n) is 3.78. The average molecular weight is 305 g/mol. The molecule has 5 heteroatoms.